The van der Waals surface area contributed by atoms with Gasteiger partial charge in [0.25, 0.3) is 5.69 Å². The molecule has 0 amide bonds. The first-order valence-electron chi connectivity index (χ1n) is 7.20. The lowest BCUT2D eigenvalue weighted by Crippen LogP contribution is -2.34. The first kappa shape index (κ1) is 14.7. The molecule has 3 nitrogen and oxygen atoms in total. The average molecular weight is 312 g/mol. The SMILES string of the molecule is CC[n+]1c(-c2ccccc2)oc(O)c1-c1ccc(SC)cc1. The van der Waals surface area contributed by atoms with Gasteiger partial charge in [-0.25, -0.2) is 0 Å². The number of hydrogen-bond acceptors (Lipinski definition) is 3. The highest BCUT2D eigenvalue weighted by Crippen LogP contribution is 2.32. The number of aromatic nitrogens is 1. The minimum absolute atomic E-state index is 0.0439. The fourth-order valence-corrected chi connectivity index (χ4v) is 2.95. The Kier molecular flexibility index (Phi) is 4.20. The molecule has 0 aliphatic rings. The molecule has 3 rings (SSSR count). The van der Waals surface area contributed by atoms with E-state index in [1.165, 1.54) is 4.90 Å². The number of benzene rings is 2. The van der Waals surface area contributed by atoms with Gasteiger partial charge in [-0.1, -0.05) is 18.2 Å². The lowest BCUT2D eigenvalue weighted by Gasteiger charge is -2.00. The Balaban J connectivity index is 2.13. The van der Waals surface area contributed by atoms with Crippen molar-refractivity contribution >= 4 is 11.8 Å². The minimum atomic E-state index is -0.0439. The molecule has 0 unspecified atom stereocenters. The van der Waals surface area contributed by atoms with Crippen LogP contribution in [0.5, 0.6) is 5.95 Å². The molecule has 0 spiro atoms. The Labute approximate surface area is 134 Å². The zero-order valence-corrected chi connectivity index (χ0v) is 13.4. The highest BCUT2D eigenvalue weighted by molar-refractivity contribution is 7.98. The van der Waals surface area contributed by atoms with Crippen LogP contribution in [0.25, 0.3) is 22.7 Å². The molecule has 22 heavy (non-hydrogen) atoms. The number of hydrogen-bond donors (Lipinski definition) is 1. The van der Waals surface area contributed by atoms with Crippen LogP contribution in [0.2, 0.25) is 0 Å². The lowest BCUT2D eigenvalue weighted by molar-refractivity contribution is -0.674. The standard InChI is InChI=1S/C18H17NO2S/c1-3-19-16(13-9-11-15(22-2)12-10-13)18(20)21-17(19)14-7-5-4-6-8-14/h4-12H,3H2,1-2H3/p+1. The molecule has 0 aliphatic carbocycles. The molecule has 4 heteroatoms. The monoisotopic (exact) mass is 312 g/mol. The van der Waals surface area contributed by atoms with Gasteiger partial charge in [0.15, 0.2) is 0 Å². The van der Waals surface area contributed by atoms with Crippen LogP contribution in [0.3, 0.4) is 0 Å². The van der Waals surface area contributed by atoms with E-state index in [4.69, 9.17) is 4.42 Å². The van der Waals surface area contributed by atoms with E-state index in [1.54, 1.807) is 11.8 Å². The lowest BCUT2D eigenvalue weighted by atomic mass is 10.1. The van der Waals surface area contributed by atoms with Crippen LogP contribution in [0.15, 0.2) is 63.9 Å². The zero-order valence-electron chi connectivity index (χ0n) is 12.6. The summed E-state index contributed by atoms with van der Waals surface area (Å²) >= 11 is 1.70. The van der Waals surface area contributed by atoms with Gasteiger partial charge in [0, 0.05) is 4.90 Å². The second-order valence-corrected chi connectivity index (χ2v) is 5.78. The highest BCUT2D eigenvalue weighted by Gasteiger charge is 2.29. The van der Waals surface area contributed by atoms with Gasteiger partial charge in [-0.2, -0.15) is 4.57 Å². The van der Waals surface area contributed by atoms with Crippen LogP contribution in [0.4, 0.5) is 0 Å². The predicted molar refractivity (Wildman–Crippen MR) is 88.9 cm³/mol. The summed E-state index contributed by atoms with van der Waals surface area (Å²) in [6.07, 6.45) is 2.05. The quantitative estimate of drug-likeness (QED) is 0.575. The number of oxazole rings is 1. The summed E-state index contributed by atoms with van der Waals surface area (Å²) in [5.74, 6) is 0.627. The number of nitrogens with zero attached hydrogens (tertiary/aromatic N) is 1. The Morgan fingerprint density at radius 2 is 1.68 bits per heavy atom. The van der Waals surface area contributed by atoms with Crippen LogP contribution >= 0.6 is 11.8 Å². The Morgan fingerprint density at radius 3 is 2.27 bits per heavy atom. The smallest absolute Gasteiger partial charge is 0.384 e. The van der Waals surface area contributed by atoms with E-state index in [0.717, 1.165) is 11.1 Å². The van der Waals surface area contributed by atoms with Crippen molar-refractivity contribution in [3.05, 3.63) is 54.6 Å². The van der Waals surface area contributed by atoms with E-state index < -0.39 is 0 Å². The fourth-order valence-electron chi connectivity index (χ4n) is 2.54. The van der Waals surface area contributed by atoms with Gasteiger partial charge in [-0.05, 0) is 49.6 Å². The van der Waals surface area contributed by atoms with E-state index in [-0.39, 0.29) is 5.95 Å². The van der Waals surface area contributed by atoms with Crippen molar-refractivity contribution in [2.24, 2.45) is 0 Å². The maximum atomic E-state index is 10.3. The van der Waals surface area contributed by atoms with Crippen LogP contribution < -0.4 is 4.57 Å². The molecule has 1 heterocycles. The minimum Gasteiger partial charge on any atom is -0.476 e. The molecule has 1 aromatic heterocycles. The molecule has 0 radical (unpaired) electrons. The van der Waals surface area contributed by atoms with Gasteiger partial charge in [-0.3, -0.25) is 0 Å². The second-order valence-electron chi connectivity index (χ2n) is 4.90. The van der Waals surface area contributed by atoms with Crippen molar-refractivity contribution in [3.63, 3.8) is 0 Å². The number of thioether (sulfide) groups is 1. The van der Waals surface area contributed by atoms with Crippen molar-refractivity contribution in [3.8, 4) is 28.7 Å². The molecule has 0 fully saturated rings. The van der Waals surface area contributed by atoms with Crippen molar-refractivity contribution in [1.82, 2.24) is 0 Å². The van der Waals surface area contributed by atoms with Crippen molar-refractivity contribution in [2.45, 2.75) is 18.4 Å². The van der Waals surface area contributed by atoms with Crippen LogP contribution in [-0.2, 0) is 6.54 Å². The predicted octanol–water partition coefficient (Wildman–Crippen LogP) is 4.35. The van der Waals surface area contributed by atoms with E-state index >= 15 is 0 Å². The summed E-state index contributed by atoms with van der Waals surface area (Å²) in [7, 11) is 0. The summed E-state index contributed by atoms with van der Waals surface area (Å²) in [6, 6.07) is 18.0. The number of aromatic hydroxyl groups is 1. The molecule has 0 saturated carbocycles. The molecule has 0 aliphatic heterocycles. The third kappa shape index (κ3) is 2.62. The van der Waals surface area contributed by atoms with E-state index in [1.807, 2.05) is 60.2 Å². The molecule has 0 atom stereocenters. The molecule has 0 saturated heterocycles. The molecule has 1 N–H and O–H groups in total. The molecule has 112 valence electrons. The van der Waals surface area contributed by atoms with E-state index in [0.29, 0.717) is 18.1 Å². The largest absolute Gasteiger partial charge is 0.476 e. The summed E-state index contributed by atoms with van der Waals surface area (Å²) < 4.78 is 7.65. The summed E-state index contributed by atoms with van der Waals surface area (Å²) in [6.45, 7) is 2.76. The molecular formula is C18H18NO2S+. The summed E-state index contributed by atoms with van der Waals surface area (Å²) in [5, 5.41) is 10.3. The van der Waals surface area contributed by atoms with Crippen molar-refractivity contribution < 1.29 is 14.1 Å². The topological polar surface area (TPSA) is 37.2 Å². The van der Waals surface area contributed by atoms with Gasteiger partial charge in [-0.15, -0.1) is 11.8 Å². The second kappa shape index (κ2) is 6.28. The highest BCUT2D eigenvalue weighted by atomic mass is 32.2. The van der Waals surface area contributed by atoms with E-state index in [9.17, 15) is 5.11 Å². The number of rotatable bonds is 4. The van der Waals surface area contributed by atoms with Gasteiger partial charge < -0.3 is 9.52 Å². The maximum absolute atomic E-state index is 10.3. The van der Waals surface area contributed by atoms with Crippen LogP contribution in [0, 0.1) is 0 Å². The first-order valence-corrected chi connectivity index (χ1v) is 8.42. The normalized spacial score (nSPS) is 10.8. The first-order chi connectivity index (χ1) is 10.7. The van der Waals surface area contributed by atoms with Crippen LogP contribution in [0.1, 0.15) is 6.92 Å². The summed E-state index contributed by atoms with van der Waals surface area (Å²) in [4.78, 5) is 1.19. The molecular weight excluding hydrogens is 294 g/mol. The third-order valence-electron chi connectivity index (χ3n) is 3.61. The Hall–Kier alpha value is -2.20. The van der Waals surface area contributed by atoms with Crippen molar-refractivity contribution in [1.29, 1.82) is 0 Å². The molecule has 3 aromatic rings. The van der Waals surface area contributed by atoms with Crippen molar-refractivity contribution in [2.75, 3.05) is 6.26 Å². The zero-order chi connectivity index (χ0) is 15.5. The van der Waals surface area contributed by atoms with Gasteiger partial charge in [0.1, 0.15) is 6.54 Å². The van der Waals surface area contributed by atoms with Gasteiger partial charge in [0.2, 0.25) is 0 Å². The van der Waals surface area contributed by atoms with E-state index in [2.05, 4.69) is 12.1 Å². The Bertz CT molecular complexity index is 764. The third-order valence-corrected chi connectivity index (χ3v) is 4.35. The van der Waals surface area contributed by atoms with Gasteiger partial charge >= 0.3 is 11.8 Å². The Morgan fingerprint density at radius 1 is 1.00 bits per heavy atom. The molecule has 0 bridgehead atoms. The summed E-state index contributed by atoms with van der Waals surface area (Å²) in [5.41, 5.74) is 2.61. The average Bonchev–Trinajstić information content (AvgIpc) is 2.92. The van der Waals surface area contributed by atoms with Gasteiger partial charge in [0.05, 0.1) is 11.1 Å². The fraction of sp³-hybridized carbons (Fsp3) is 0.167. The van der Waals surface area contributed by atoms with Crippen LogP contribution in [-0.4, -0.2) is 11.4 Å². The maximum Gasteiger partial charge on any atom is 0.384 e. The molecule has 2 aromatic carbocycles.